The molecule has 450 valence electrons. The number of hydrogen-bond acceptors (Lipinski definition) is 17. The fourth-order valence-electron chi connectivity index (χ4n) is 10.8. The minimum atomic E-state index is -0.254. The summed E-state index contributed by atoms with van der Waals surface area (Å²) in [6.45, 7) is 1.49. The number of hydrogen-bond donors (Lipinski definition) is 9. The topological polar surface area (TPSA) is 253 Å². The largest absolute Gasteiger partial charge is 0.381 e. The van der Waals surface area contributed by atoms with Crippen LogP contribution in [0.1, 0.15) is 93.7 Å². The van der Waals surface area contributed by atoms with Crippen molar-refractivity contribution in [2.45, 2.75) is 133 Å². The highest BCUT2D eigenvalue weighted by atomic mass is 19.1. The lowest BCUT2D eigenvalue weighted by Crippen LogP contribution is -2.33. The predicted molar refractivity (Wildman–Crippen MR) is 341 cm³/mol. The first-order chi connectivity index (χ1) is 42.5. The first-order valence-corrected chi connectivity index (χ1v) is 30.0. The van der Waals surface area contributed by atoms with Crippen LogP contribution >= 0.6 is 0 Å². The van der Waals surface area contributed by atoms with Crippen LogP contribution < -0.4 is 49.1 Å². The van der Waals surface area contributed by atoms with Gasteiger partial charge in [-0.3, -0.25) is 4.98 Å². The molecule has 3 aliphatic carbocycles. The fourth-order valence-corrected chi connectivity index (χ4v) is 10.8. The normalized spacial score (nSPS) is 19.0. The van der Waals surface area contributed by atoms with Crippen LogP contribution in [0.4, 0.5) is 48.1 Å². The molecule has 9 aromatic rings. The van der Waals surface area contributed by atoms with Crippen molar-refractivity contribution in [3.63, 3.8) is 0 Å². The minimum absolute atomic E-state index is 0.225. The third-order valence-electron chi connectivity index (χ3n) is 15.7. The van der Waals surface area contributed by atoms with Crippen LogP contribution in [0, 0.1) is 17.5 Å². The van der Waals surface area contributed by atoms with Crippen LogP contribution in [0.15, 0.2) is 171 Å². The number of benzene rings is 3. The van der Waals surface area contributed by atoms with Gasteiger partial charge in [-0.1, -0.05) is 36.4 Å². The Morgan fingerprint density at radius 2 is 0.782 bits per heavy atom. The highest BCUT2D eigenvalue weighted by Gasteiger charge is 2.22. The Balaban J connectivity index is 0.000000144. The minimum Gasteiger partial charge on any atom is -0.381 e. The van der Waals surface area contributed by atoms with Crippen molar-refractivity contribution in [1.29, 1.82) is 0 Å². The van der Waals surface area contributed by atoms with Crippen molar-refractivity contribution in [3.8, 4) is 33.9 Å². The maximum atomic E-state index is 13.3. The van der Waals surface area contributed by atoms with Crippen LogP contribution in [0.3, 0.4) is 0 Å². The Morgan fingerprint density at radius 3 is 1.29 bits per heavy atom. The SMILES string of the molecule is NC1CCC(Nc2cc(-c3cc(NCc4cccc(F)c4)ccn3)ccn2)CC1.NC1CCC(Nc2cc(-c3ccnc(NCc4cccc(F)c4)n3)ccn2)CC1.NC1CCC(Nc2cc(-c3nccc(NCc4cccc(F)c4)n3)ccn2)CC1. The number of nitrogens with two attached hydrogens (primary N) is 3. The van der Waals surface area contributed by atoms with Crippen LogP contribution in [-0.2, 0) is 19.6 Å². The predicted octanol–water partition coefficient (Wildman–Crippen LogP) is 12.5. The van der Waals surface area contributed by atoms with Gasteiger partial charge in [0.25, 0.3) is 0 Å². The molecule has 3 aromatic carbocycles. The zero-order valence-electron chi connectivity index (χ0n) is 48.7. The molecule has 87 heavy (non-hydrogen) atoms. The van der Waals surface area contributed by atoms with Crippen molar-refractivity contribution in [2.75, 3.05) is 31.9 Å². The quantitative estimate of drug-likeness (QED) is 0.0387. The van der Waals surface area contributed by atoms with Gasteiger partial charge in [-0.15, -0.1) is 0 Å². The molecule has 0 amide bonds. The summed E-state index contributed by atoms with van der Waals surface area (Å²) in [4.78, 5) is 35.7. The van der Waals surface area contributed by atoms with E-state index in [9.17, 15) is 13.2 Å². The van der Waals surface area contributed by atoms with Gasteiger partial charge >= 0.3 is 0 Å². The summed E-state index contributed by atoms with van der Waals surface area (Å²) < 4.78 is 40.0. The van der Waals surface area contributed by atoms with E-state index in [0.717, 1.165) is 145 Å². The van der Waals surface area contributed by atoms with E-state index in [4.69, 9.17) is 17.2 Å². The molecule has 12 rings (SSSR count). The summed E-state index contributed by atoms with van der Waals surface area (Å²) in [7, 11) is 0. The van der Waals surface area contributed by atoms with Gasteiger partial charge < -0.3 is 49.1 Å². The molecule has 0 bridgehead atoms. The second kappa shape index (κ2) is 30.8. The molecule has 17 nitrogen and oxygen atoms in total. The van der Waals surface area contributed by atoms with Crippen molar-refractivity contribution < 1.29 is 13.2 Å². The van der Waals surface area contributed by atoms with Gasteiger partial charge in [0.1, 0.15) is 40.7 Å². The van der Waals surface area contributed by atoms with Crippen LogP contribution in [0.2, 0.25) is 0 Å². The molecule has 20 heteroatoms. The zero-order valence-corrected chi connectivity index (χ0v) is 48.7. The van der Waals surface area contributed by atoms with Gasteiger partial charge in [-0.25, -0.2) is 48.1 Å². The van der Waals surface area contributed by atoms with Gasteiger partial charge in [0, 0.05) is 115 Å². The maximum Gasteiger partial charge on any atom is 0.223 e. The number of aromatic nitrogens is 8. The number of anilines is 6. The molecule has 0 unspecified atom stereocenters. The van der Waals surface area contributed by atoms with Crippen LogP contribution in [-0.4, -0.2) is 76.1 Å². The van der Waals surface area contributed by atoms with Crippen molar-refractivity contribution >= 4 is 34.9 Å². The Kier molecular flexibility index (Phi) is 21.6. The monoisotopic (exact) mass is 1180 g/mol. The van der Waals surface area contributed by atoms with Gasteiger partial charge in [-0.05, 0) is 191 Å². The Bertz CT molecular complexity index is 3240. The van der Waals surface area contributed by atoms with Gasteiger partial charge in [0.05, 0.1) is 11.4 Å². The van der Waals surface area contributed by atoms with E-state index in [2.05, 4.69) is 71.8 Å². The third-order valence-corrected chi connectivity index (χ3v) is 15.7. The molecule has 3 saturated carbocycles. The fraction of sp³-hybridized carbons (Fsp3) is 0.313. The average Bonchev–Trinajstić information content (AvgIpc) is 3.75. The van der Waals surface area contributed by atoms with Gasteiger partial charge in [0.15, 0.2) is 5.82 Å². The van der Waals surface area contributed by atoms with E-state index < -0.39 is 0 Å². The molecule has 0 atom stereocenters. The molecule has 3 fully saturated rings. The van der Waals surface area contributed by atoms with Crippen molar-refractivity contribution in [1.82, 2.24) is 39.9 Å². The van der Waals surface area contributed by atoms with Gasteiger partial charge in [0.2, 0.25) is 5.95 Å². The molecular formula is C67H76F3N17. The second-order valence-electron chi connectivity index (χ2n) is 22.5. The highest BCUT2D eigenvalue weighted by Crippen LogP contribution is 2.28. The lowest BCUT2D eigenvalue weighted by Gasteiger charge is -2.27. The van der Waals surface area contributed by atoms with Crippen LogP contribution in [0.25, 0.3) is 33.9 Å². The summed E-state index contributed by atoms with van der Waals surface area (Å²) in [5.41, 5.74) is 26.0. The molecule has 12 N–H and O–H groups in total. The second-order valence-corrected chi connectivity index (χ2v) is 22.5. The molecular weight excluding hydrogens is 1100 g/mol. The number of nitrogens with one attached hydrogen (secondary N) is 6. The molecule has 6 aromatic heterocycles. The summed E-state index contributed by atoms with van der Waals surface area (Å²) in [6, 6.07) is 41.2. The Labute approximate surface area is 506 Å². The smallest absolute Gasteiger partial charge is 0.223 e. The standard InChI is InChI=1S/C23H26FN5.2C22H25FN6/c24-18-3-1-2-16(12-18)15-28-21-9-11-26-22(14-21)17-8-10-27-23(13-17)29-20-6-4-19(25)5-7-20;23-17-3-1-2-15(12-17)14-27-20-9-11-26-22(29-20)16-8-10-25-21(13-16)28-19-6-4-18(24)5-7-19;23-17-3-1-2-15(12-17)14-27-22-26-11-9-20(29-22)16-8-10-25-21(13-16)28-19-6-4-18(24)5-7-19/h1-3,8-14,19-20H,4-7,15,25H2,(H,26,28)(H,27,29);2*1-3,8-13,18-19H,4-7,14,24H2,(H,25,28)(H,26,27,29). The molecule has 3 aliphatic rings. The summed E-state index contributed by atoms with van der Waals surface area (Å²) >= 11 is 0. The van der Waals surface area contributed by atoms with E-state index in [1.54, 1.807) is 61.4 Å². The Hall–Kier alpha value is -9.11. The first-order valence-electron chi connectivity index (χ1n) is 30.0. The maximum absolute atomic E-state index is 13.3. The zero-order chi connectivity index (χ0) is 60.2. The van der Waals surface area contributed by atoms with E-state index in [-0.39, 0.29) is 17.5 Å². The summed E-state index contributed by atoms with van der Waals surface area (Å²) in [5, 5.41) is 20.3. The molecule has 0 spiro atoms. The number of halogens is 3. The Morgan fingerprint density at radius 1 is 0.356 bits per heavy atom. The average molecular weight is 1180 g/mol. The summed E-state index contributed by atoms with van der Waals surface area (Å²) in [5.74, 6) is 3.61. The van der Waals surface area contributed by atoms with E-state index >= 15 is 0 Å². The molecule has 0 aliphatic heterocycles. The lowest BCUT2D eigenvalue weighted by molar-refractivity contribution is 0.410. The molecule has 0 radical (unpaired) electrons. The third kappa shape index (κ3) is 19.2. The molecule has 0 saturated heterocycles. The van der Waals surface area contributed by atoms with Gasteiger partial charge in [-0.2, -0.15) is 0 Å². The van der Waals surface area contributed by atoms with E-state index in [1.807, 2.05) is 72.8 Å². The molecule has 6 heterocycles. The number of pyridine rings is 4. The summed E-state index contributed by atoms with van der Waals surface area (Å²) in [6.07, 6.45) is 23.2. The van der Waals surface area contributed by atoms with Crippen LogP contribution in [0.5, 0.6) is 0 Å². The lowest BCUT2D eigenvalue weighted by atomic mass is 9.92. The van der Waals surface area contributed by atoms with Crippen molar-refractivity contribution in [2.24, 2.45) is 17.2 Å². The van der Waals surface area contributed by atoms with E-state index in [0.29, 0.717) is 73.5 Å². The number of rotatable bonds is 18. The van der Waals surface area contributed by atoms with Crippen molar-refractivity contribution in [3.05, 3.63) is 205 Å². The first kappa shape index (κ1) is 61.0. The highest BCUT2D eigenvalue weighted by molar-refractivity contribution is 5.67. The number of nitrogens with zero attached hydrogens (tertiary/aromatic N) is 8. The van der Waals surface area contributed by atoms with E-state index in [1.165, 1.54) is 36.4 Å².